The number of Topliss-reactive ketones (excluding diaryl/α,β-unsaturated/α-hetero) is 1. The highest BCUT2D eigenvalue weighted by Gasteiger charge is 2.56. The summed E-state index contributed by atoms with van der Waals surface area (Å²) in [5.41, 5.74) is -0.0961. The molecule has 0 bridgehead atoms. The van der Waals surface area contributed by atoms with Crippen molar-refractivity contribution in [2.24, 2.45) is 11.0 Å². The van der Waals surface area contributed by atoms with Gasteiger partial charge in [0, 0.05) is 10.7 Å². The van der Waals surface area contributed by atoms with E-state index in [1.165, 1.54) is 64.9 Å². The van der Waals surface area contributed by atoms with Gasteiger partial charge in [0.2, 0.25) is 0 Å². The third-order valence-electron chi connectivity index (χ3n) is 8.91. The summed E-state index contributed by atoms with van der Waals surface area (Å²) in [5, 5.41) is 9.39. The van der Waals surface area contributed by atoms with Crippen LogP contribution in [0.1, 0.15) is 98.8 Å². The number of hydrogen-bond acceptors (Lipinski definition) is 8. The van der Waals surface area contributed by atoms with Crippen molar-refractivity contribution < 1.29 is 28.7 Å². The van der Waals surface area contributed by atoms with Gasteiger partial charge >= 0.3 is 6.09 Å². The maximum atomic E-state index is 14.4. The number of ether oxygens (including phenoxy) is 2. The molecule has 2 aromatic rings. The number of hydrogen-bond donors (Lipinski definition) is 1. The molecule has 2 aromatic carbocycles. The molecular formula is C37H49ClN4O6. The van der Waals surface area contributed by atoms with Crippen molar-refractivity contribution in [1.82, 2.24) is 4.90 Å². The zero-order valence-corrected chi connectivity index (χ0v) is 29.6. The second-order valence-corrected chi connectivity index (χ2v) is 13.6. The Morgan fingerprint density at radius 2 is 1.60 bits per heavy atom. The molecule has 3 amide bonds. The number of nitrogens with zero attached hydrogens (tertiary/aromatic N) is 3. The number of benzene rings is 2. The van der Waals surface area contributed by atoms with Gasteiger partial charge in [0.1, 0.15) is 5.75 Å². The highest BCUT2D eigenvalue weighted by Crippen LogP contribution is 2.34. The van der Waals surface area contributed by atoms with Crippen molar-refractivity contribution in [1.29, 1.82) is 0 Å². The van der Waals surface area contributed by atoms with Crippen LogP contribution in [0.4, 0.5) is 16.2 Å². The minimum absolute atomic E-state index is 0.229. The number of rotatable bonds is 18. The summed E-state index contributed by atoms with van der Waals surface area (Å²) >= 11 is 6.31. The smallest absolute Gasteiger partial charge is 0.418 e. The molecule has 2 aliphatic heterocycles. The number of ketones is 1. The van der Waals surface area contributed by atoms with Crippen molar-refractivity contribution in [3.05, 3.63) is 53.6 Å². The molecule has 2 heterocycles. The first-order chi connectivity index (χ1) is 23.0. The van der Waals surface area contributed by atoms with Gasteiger partial charge in [-0.1, -0.05) is 94.5 Å². The van der Waals surface area contributed by atoms with E-state index in [9.17, 15) is 19.2 Å². The van der Waals surface area contributed by atoms with Crippen LogP contribution in [0.5, 0.6) is 5.75 Å². The van der Waals surface area contributed by atoms with Crippen molar-refractivity contribution in [3.63, 3.8) is 0 Å². The number of cyclic esters (lactones) is 1. The maximum Gasteiger partial charge on any atom is 0.418 e. The summed E-state index contributed by atoms with van der Waals surface area (Å²) in [6.45, 7) is 9.01. The minimum atomic E-state index is -1.83. The van der Waals surface area contributed by atoms with Gasteiger partial charge in [0.25, 0.3) is 11.8 Å². The molecule has 0 spiro atoms. The largest absolute Gasteiger partial charge is 0.491 e. The minimum Gasteiger partial charge on any atom is -0.491 e. The van der Waals surface area contributed by atoms with Crippen LogP contribution in [0.15, 0.2) is 53.6 Å². The Bertz CT molecular complexity index is 1480. The van der Waals surface area contributed by atoms with E-state index in [0.29, 0.717) is 28.0 Å². The van der Waals surface area contributed by atoms with E-state index >= 15 is 0 Å². The summed E-state index contributed by atoms with van der Waals surface area (Å²) in [5.74, 6) is -2.85. The maximum absolute atomic E-state index is 14.4. The molecule has 0 saturated carbocycles. The number of nitrogens with one attached hydrogen (secondary N) is 1. The van der Waals surface area contributed by atoms with Gasteiger partial charge in [-0.25, -0.2) is 9.69 Å². The first kappa shape index (κ1) is 36.9. The zero-order valence-electron chi connectivity index (χ0n) is 28.8. The molecule has 0 aliphatic carbocycles. The predicted molar refractivity (Wildman–Crippen MR) is 189 cm³/mol. The van der Waals surface area contributed by atoms with Gasteiger partial charge in [-0.2, -0.15) is 5.10 Å². The second kappa shape index (κ2) is 17.0. The van der Waals surface area contributed by atoms with Gasteiger partial charge < -0.3 is 14.8 Å². The van der Waals surface area contributed by atoms with Crippen LogP contribution < -0.4 is 15.1 Å². The molecular weight excluding hydrogens is 632 g/mol. The highest BCUT2D eigenvalue weighted by molar-refractivity contribution is 6.31. The molecule has 48 heavy (non-hydrogen) atoms. The molecule has 1 saturated heterocycles. The summed E-state index contributed by atoms with van der Waals surface area (Å²) < 4.78 is 11.3. The number of amides is 3. The molecule has 3 unspecified atom stereocenters. The van der Waals surface area contributed by atoms with Crippen molar-refractivity contribution >= 4 is 52.4 Å². The molecule has 4 rings (SSSR count). The fourth-order valence-corrected chi connectivity index (χ4v) is 6.45. The molecule has 0 aromatic heterocycles. The molecule has 11 heteroatoms. The van der Waals surface area contributed by atoms with Crippen LogP contribution in [0, 0.1) is 5.92 Å². The predicted octanol–water partition coefficient (Wildman–Crippen LogP) is 8.17. The average Bonchev–Trinajstić information content (AvgIpc) is 3.46. The Morgan fingerprint density at radius 1 is 0.979 bits per heavy atom. The summed E-state index contributed by atoms with van der Waals surface area (Å²) in [6, 6.07) is 11.8. The van der Waals surface area contributed by atoms with Crippen molar-refractivity contribution in [2.45, 2.75) is 117 Å². The lowest BCUT2D eigenvalue weighted by Crippen LogP contribution is -2.56. The van der Waals surface area contributed by atoms with Gasteiger partial charge in [-0.15, -0.1) is 0 Å². The number of hydrazone groups is 1. The quantitative estimate of drug-likeness (QED) is 0.125. The Balaban J connectivity index is 1.48. The van der Waals surface area contributed by atoms with Crippen LogP contribution in [0.2, 0.25) is 5.02 Å². The van der Waals surface area contributed by atoms with Gasteiger partial charge in [-0.3, -0.25) is 19.4 Å². The van der Waals surface area contributed by atoms with E-state index < -0.39 is 47.3 Å². The lowest BCUT2D eigenvalue weighted by molar-refractivity contribution is -0.143. The van der Waals surface area contributed by atoms with E-state index in [-0.39, 0.29) is 5.69 Å². The Hall–Kier alpha value is -3.92. The standard InChI is InChI=1S/C37H49ClN4O6/c1-6-7-8-9-10-11-12-13-14-18-23-47-30-22-21-27(38)24-29(30)39-34(44)32(41-35(45)37(4,5)48-36(41)46)33(43)31-25(2)40-42(26(31)3)28-19-16-15-17-20-28/h15-17,19-22,24,26,31-32H,6-14,18,23H2,1-5H3,(H,39,44). The molecule has 3 atom stereocenters. The third-order valence-corrected chi connectivity index (χ3v) is 9.15. The fourth-order valence-electron chi connectivity index (χ4n) is 6.28. The van der Waals surface area contributed by atoms with Crippen LogP contribution in [-0.4, -0.2) is 58.6 Å². The van der Waals surface area contributed by atoms with Gasteiger partial charge in [0.15, 0.2) is 17.4 Å². The van der Waals surface area contributed by atoms with Crippen LogP contribution in [-0.2, 0) is 19.1 Å². The molecule has 10 nitrogen and oxygen atoms in total. The number of carbonyl (C=O) groups excluding carboxylic acids is 4. The number of imide groups is 1. The lowest BCUT2D eigenvalue weighted by atomic mass is 9.87. The SMILES string of the molecule is CCCCCCCCCCCCOc1ccc(Cl)cc1NC(=O)C(C(=O)C1C(C)=NN(c2ccccc2)C1C)N1C(=O)OC(C)(C)C1=O. The summed E-state index contributed by atoms with van der Waals surface area (Å²) in [6.07, 6.45) is 10.8. The summed E-state index contributed by atoms with van der Waals surface area (Å²) in [4.78, 5) is 55.6. The van der Waals surface area contributed by atoms with Crippen molar-refractivity contribution in [2.75, 3.05) is 16.9 Å². The number of para-hydroxylation sites is 1. The second-order valence-electron chi connectivity index (χ2n) is 13.2. The van der Waals surface area contributed by atoms with Crippen LogP contribution in [0.3, 0.4) is 0 Å². The molecule has 2 aliphatic rings. The number of halogens is 1. The van der Waals surface area contributed by atoms with E-state index in [2.05, 4.69) is 17.3 Å². The van der Waals surface area contributed by atoms with Crippen LogP contribution in [0.25, 0.3) is 0 Å². The van der Waals surface area contributed by atoms with Gasteiger partial charge in [-0.05, 0) is 64.4 Å². The lowest BCUT2D eigenvalue weighted by Gasteiger charge is -2.29. The van der Waals surface area contributed by atoms with E-state index in [4.69, 9.17) is 21.1 Å². The Kier molecular flexibility index (Phi) is 13.0. The first-order valence-electron chi connectivity index (χ1n) is 17.2. The Morgan fingerprint density at radius 3 is 2.21 bits per heavy atom. The molecule has 260 valence electrons. The third kappa shape index (κ3) is 8.95. The fraction of sp³-hybridized carbons (Fsp3) is 0.541. The summed E-state index contributed by atoms with van der Waals surface area (Å²) in [7, 11) is 0. The zero-order chi connectivity index (χ0) is 34.8. The number of unbranched alkanes of at least 4 members (excludes halogenated alkanes) is 9. The number of anilines is 2. The van der Waals surface area contributed by atoms with E-state index in [0.717, 1.165) is 24.9 Å². The van der Waals surface area contributed by atoms with E-state index in [1.54, 1.807) is 24.1 Å². The van der Waals surface area contributed by atoms with Gasteiger partial charge in [0.05, 0.1) is 29.9 Å². The van der Waals surface area contributed by atoms with Crippen molar-refractivity contribution in [3.8, 4) is 5.75 Å². The molecule has 1 fully saturated rings. The van der Waals surface area contributed by atoms with Crippen LogP contribution >= 0.6 is 11.6 Å². The average molecular weight is 681 g/mol. The highest BCUT2D eigenvalue weighted by atomic mass is 35.5. The Labute approximate surface area is 289 Å². The normalized spacial score (nSPS) is 19.2. The topological polar surface area (TPSA) is 118 Å². The van der Waals surface area contributed by atoms with E-state index in [1.807, 2.05) is 37.3 Å². The molecule has 1 N–H and O–H groups in total. The molecule has 0 radical (unpaired) electrons. The first-order valence-corrected chi connectivity index (χ1v) is 17.6. The number of carbonyl (C=O) groups is 4. The monoisotopic (exact) mass is 680 g/mol.